The van der Waals surface area contributed by atoms with Gasteiger partial charge in [0.2, 0.25) is 0 Å². The second-order valence-electron chi connectivity index (χ2n) is 4.32. The summed E-state index contributed by atoms with van der Waals surface area (Å²) in [5, 5.41) is 0. The van der Waals surface area contributed by atoms with Gasteiger partial charge >= 0.3 is 5.97 Å². The Morgan fingerprint density at radius 3 is 2.65 bits per heavy atom. The summed E-state index contributed by atoms with van der Waals surface area (Å²) < 4.78 is 16.0. The Balaban J connectivity index is 2.89. The van der Waals surface area contributed by atoms with Gasteiger partial charge in [-0.05, 0) is 31.5 Å². The number of carbonyl (C=O) groups excluding carboxylic acids is 1. The molecule has 2 N–H and O–H groups in total. The van der Waals surface area contributed by atoms with Crippen LogP contribution in [0.4, 0.5) is 0 Å². The monoisotopic (exact) mass is 281 g/mol. The number of carbonyl (C=O) groups is 1. The van der Waals surface area contributed by atoms with Gasteiger partial charge in [-0.2, -0.15) is 0 Å². The van der Waals surface area contributed by atoms with Crippen LogP contribution in [-0.2, 0) is 16.1 Å². The van der Waals surface area contributed by atoms with Crippen molar-refractivity contribution in [1.82, 2.24) is 0 Å². The van der Waals surface area contributed by atoms with Crippen molar-refractivity contribution in [1.29, 1.82) is 0 Å². The molecule has 20 heavy (non-hydrogen) atoms. The number of hydrogen-bond donors (Lipinski definition) is 1. The fraction of sp³-hybridized carbons (Fsp3) is 0.533. The van der Waals surface area contributed by atoms with E-state index in [2.05, 4.69) is 0 Å². The van der Waals surface area contributed by atoms with Crippen molar-refractivity contribution in [2.45, 2.75) is 39.3 Å². The first-order valence-corrected chi connectivity index (χ1v) is 6.86. The molecule has 1 aromatic rings. The average molecular weight is 281 g/mol. The minimum absolute atomic E-state index is 0.314. The molecular formula is C15H23NO4. The lowest BCUT2D eigenvalue weighted by Gasteiger charge is -2.19. The molecule has 0 saturated carbocycles. The van der Waals surface area contributed by atoms with Crippen molar-refractivity contribution in [3.63, 3.8) is 0 Å². The number of methoxy groups -OCH3 is 1. The minimum atomic E-state index is -0.598. The van der Waals surface area contributed by atoms with E-state index in [0.29, 0.717) is 31.1 Å². The number of hydrogen-bond acceptors (Lipinski definition) is 5. The molecule has 0 aliphatic rings. The molecule has 0 bridgehead atoms. The summed E-state index contributed by atoms with van der Waals surface area (Å²) in [5.41, 5.74) is 6.51. The van der Waals surface area contributed by atoms with Gasteiger partial charge in [0, 0.05) is 12.1 Å². The highest BCUT2D eigenvalue weighted by atomic mass is 16.6. The normalized spacial score (nSPS) is 11.8. The number of ether oxygens (including phenoxy) is 3. The molecule has 1 unspecified atom stereocenters. The van der Waals surface area contributed by atoms with Crippen LogP contribution < -0.4 is 15.2 Å². The van der Waals surface area contributed by atoms with E-state index in [1.54, 1.807) is 26.2 Å². The lowest BCUT2D eigenvalue weighted by Crippen LogP contribution is -2.29. The molecule has 0 spiro atoms. The van der Waals surface area contributed by atoms with Crippen LogP contribution >= 0.6 is 0 Å². The van der Waals surface area contributed by atoms with E-state index in [1.165, 1.54) is 0 Å². The van der Waals surface area contributed by atoms with E-state index in [1.807, 2.05) is 13.0 Å². The summed E-state index contributed by atoms with van der Waals surface area (Å²) in [6.07, 6.45) is 0.838. The Labute approximate surface area is 120 Å². The van der Waals surface area contributed by atoms with Gasteiger partial charge < -0.3 is 19.9 Å². The molecule has 0 saturated heterocycles. The molecule has 1 atom stereocenters. The molecule has 1 aromatic carbocycles. The van der Waals surface area contributed by atoms with Gasteiger partial charge in [-0.1, -0.05) is 13.3 Å². The molecule has 112 valence electrons. The van der Waals surface area contributed by atoms with E-state index in [-0.39, 0.29) is 5.97 Å². The number of nitrogens with two attached hydrogens (primary N) is 1. The quantitative estimate of drug-likeness (QED) is 0.740. The van der Waals surface area contributed by atoms with Crippen molar-refractivity contribution in [2.75, 3.05) is 13.7 Å². The highest BCUT2D eigenvalue weighted by molar-refractivity contribution is 5.75. The van der Waals surface area contributed by atoms with Gasteiger partial charge in [-0.25, -0.2) is 4.79 Å². The fourth-order valence-electron chi connectivity index (χ4n) is 1.83. The van der Waals surface area contributed by atoms with E-state index in [0.717, 1.165) is 12.0 Å². The lowest BCUT2D eigenvalue weighted by atomic mass is 10.1. The zero-order valence-electron chi connectivity index (χ0n) is 12.3. The Morgan fingerprint density at radius 1 is 1.35 bits per heavy atom. The molecule has 0 amide bonds. The zero-order chi connectivity index (χ0) is 15.0. The van der Waals surface area contributed by atoms with Crippen LogP contribution in [0.25, 0.3) is 0 Å². The fourth-order valence-corrected chi connectivity index (χ4v) is 1.83. The van der Waals surface area contributed by atoms with Crippen LogP contribution in [0.2, 0.25) is 0 Å². The van der Waals surface area contributed by atoms with Crippen molar-refractivity contribution in [3.8, 4) is 11.5 Å². The molecule has 5 nitrogen and oxygen atoms in total. The maximum absolute atomic E-state index is 11.9. The Hall–Kier alpha value is -1.75. The second-order valence-corrected chi connectivity index (χ2v) is 4.32. The summed E-state index contributed by atoms with van der Waals surface area (Å²) in [6.45, 7) is 4.43. The SMILES string of the molecule is CCCC(Oc1ccc(OC)cc1CN)C(=O)OCC. The van der Waals surface area contributed by atoms with Crippen LogP contribution in [0.3, 0.4) is 0 Å². The Bertz CT molecular complexity index is 434. The summed E-state index contributed by atoms with van der Waals surface area (Å²) in [7, 11) is 1.59. The Morgan fingerprint density at radius 2 is 2.10 bits per heavy atom. The smallest absolute Gasteiger partial charge is 0.347 e. The predicted molar refractivity (Wildman–Crippen MR) is 76.8 cm³/mol. The third-order valence-corrected chi connectivity index (χ3v) is 2.86. The predicted octanol–water partition coefficient (Wildman–Crippen LogP) is 2.26. The summed E-state index contributed by atoms with van der Waals surface area (Å²) in [5.74, 6) is 0.967. The largest absolute Gasteiger partial charge is 0.497 e. The summed E-state index contributed by atoms with van der Waals surface area (Å²) in [4.78, 5) is 11.9. The standard InChI is InChI=1S/C15H23NO4/c1-4-6-14(15(17)19-5-2)20-13-8-7-12(18-3)9-11(13)10-16/h7-9,14H,4-6,10,16H2,1-3H3. The molecule has 0 radical (unpaired) electrons. The van der Waals surface area contributed by atoms with E-state index < -0.39 is 6.10 Å². The van der Waals surface area contributed by atoms with Crippen LogP contribution in [0.15, 0.2) is 18.2 Å². The molecule has 0 aromatic heterocycles. The summed E-state index contributed by atoms with van der Waals surface area (Å²) >= 11 is 0. The van der Waals surface area contributed by atoms with Crippen molar-refractivity contribution in [2.24, 2.45) is 5.73 Å². The van der Waals surface area contributed by atoms with E-state index in [4.69, 9.17) is 19.9 Å². The molecule has 5 heteroatoms. The lowest BCUT2D eigenvalue weighted by molar-refractivity contribution is -0.151. The zero-order valence-corrected chi connectivity index (χ0v) is 12.3. The van der Waals surface area contributed by atoms with E-state index >= 15 is 0 Å². The van der Waals surface area contributed by atoms with E-state index in [9.17, 15) is 4.79 Å². The first-order chi connectivity index (χ1) is 9.65. The van der Waals surface area contributed by atoms with Gasteiger partial charge in [0.15, 0.2) is 6.10 Å². The topological polar surface area (TPSA) is 70.8 Å². The van der Waals surface area contributed by atoms with Crippen LogP contribution in [0.5, 0.6) is 11.5 Å². The highest BCUT2D eigenvalue weighted by Crippen LogP contribution is 2.25. The van der Waals surface area contributed by atoms with Crippen molar-refractivity contribution in [3.05, 3.63) is 23.8 Å². The van der Waals surface area contributed by atoms with Crippen molar-refractivity contribution >= 4 is 5.97 Å². The van der Waals surface area contributed by atoms with Crippen LogP contribution in [0, 0.1) is 0 Å². The molecule has 0 heterocycles. The van der Waals surface area contributed by atoms with Gasteiger partial charge in [-0.3, -0.25) is 0 Å². The molecule has 0 aliphatic carbocycles. The molecule has 0 aliphatic heterocycles. The van der Waals surface area contributed by atoms with Crippen LogP contribution in [0.1, 0.15) is 32.3 Å². The number of esters is 1. The third kappa shape index (κ3) is 4.42. The summed E-state index contributed by atoms with van der Waals surface area (Å²) in [6, 6.07) is 5.36. The van der Waals surface area contributed by atoms with Gasteiger partial charge in [-0.15, -0.1) is 0 Å². The maximum atomic E-state index is 11.9. The van der Waals surface area contributed by atoms with Crippen LogP contribution in [-0.4, -0.2) is 25.8 Å². The molecule has 0 fully saturated rings. The van der Waals surface area contributed by atoms with Gasteiger partial charge in [0.1, 0.15) is 11.5 Å². The maximum Gasteiger partial charge on any atom is 0.347 e. The van der Waals surface area contributed by atoms with Gasteiger partial charge in [0.25, 0.3) is 0 Å². The number of rotatable bonds is 8. The van der Waals surface area contributed by atoms with Gasteiger partial charge in [0.05, 0.1) is 13.7 Å². The molecular weight excluding hydrogens is 258 g/mol. The first-order valence-electron chi connectivity index (χ1n) is 6.86. The van der Waals surface area contributed by atoms with Crippen molar-refractivity contribution < 1.29 is 19.0 Å². The minimum Gasteiger partial charge on any atom is -0.497 e. The average Bonchev–Trinajstić information content (AvgIpc) is 2.47. The molecule has 1 rings (SSSR count). The first kappa shape index (κ1) is 16.3. The Kier molecular flexibility index (Phi) is 6.87. The highest BCUT2D eigenvalue weighted by Gasteiger charge is 2.22. The number of benzene rings is 1. The second kappa shape index (κ2) is 8.43. The third-order valence-electron chi connectivity index (χ3n) is 2.86.